The fourth-order valence-corrected chi connectivity index (χ4v) is 4.99. The highest BCUT2D eigenvalue weighted by Gasteiger charge is 2.31. The molecule has 29 heavy (non-hydrogen) atoms. The molecule has 1 unspecified atom stereocenters. The first-order valence-electron chi connectivity index (χ1n) is 11.2. The first kappa shape index (κ1) is 20.3. The van der Waals surface area contributed by atoms with Crippen LogP contribution in [0, 0.1) is 17.7 Å². The van der Waals surface area contributed by atoms with Gasteiger partial charge in [-0.3, -0.25) is 0 Å². The first-order valence-corrected chi connectivity index (χ1v) is 11.2. The predicted molar refractivity (Wildman–Crippen MR) is 115 cm³/mol. The molecule has 0 N–H and O–H groups in total. The molecule has 0 aliphatic heterocycles. The minimum absolute atomic E-state index is 0.108. The van der Waals surface area contributed by atoms with Gasteiger partial charge in [0.05, 0.1) is 13.7 Å². The van der Waals surface area contributed by atoms with Crippen LogP contribution in [0.1, 0.15) is 74.8 Å². The summed E-state index contributed by atoms with van der Waals surface area (Å²) in [5.74, 6) is 4.03. The number of ether oxygens (including phenoxy) is 2. The molecule has 3 heteroatoms. The minimum atomic E-state index is -0.108. The zero-order chi connectivity index (χ0) is 20.2. The Kier molecular flexibility index (Phi) is 6.42. The van der Waals surface area contributed by atoms with Gasteiger partial charge in [-0.1, -0.05) is 19.1 Å². The predicted octanol–water partition coefficient (Wildman–Crippen LogP) is 7.09. The summed E-state index contributed by atoms with van der Waals surface area (Å²) < 4.78 is 25.7. The lowest BCUT2D eigenvalue weighted by molar-refractivity contribution is 0.199. The lowest BCUT2D eigenvalue weighted by Gasteiger charge is -2.29. The normalized spacial score (nSPS) is 22.9. The van der Waals surface area contributed by atoms with Crippen LogP contribution in [-0.4, -0.2) is 13.7 Å². The highest BCUT2D eigenvalue weighted by atomic mass is 19.1. The van der Waals surface area contributed by atoms with E-state index in [2.05, 4.69) is 31.2 Å². The van der Waals surface area contributed by atoms with Gasteiger partial charge in [0.25, 0.3) is 0 Å². The fraction of sp³-hybridized carbons (Fsp3) is 0.538. The molecule has 2 nitrogen and oxygen atoms in total. The summed E-state index contributed by atoms with van der Waals surface area (Å²) in [5, 5.41) is 0. The topological polar surface area (TPSA) is 18.5 Å². The Morgan fingerprint density at radius 1 is 0.966 bits per heavy atom. The number of methoxy groups -OCH3 is 1. The van der Waals surface area contributed by atoms with Crippen molar-refractivity contribution in [1.82, 2.24) is 0 Å². The second-order valence-electron chi connectivity index (χ2n) is 8.84. The molecule has 0 amide bonds. The Morgan fingerprint density at radius 3 is 2.45 bits per heavy atom. The molecule has 0 spiro atoms. The van der Waals surface area contributed by atoms with Crippen molar-refractivity contribution in [2.24, 2.45) is 11.8 Å². The number of halogens is 1. The summed E-state index contributed by atoms with van der Waals surface area (Å²) in [6, 6.07) is 13.8. The van der Waals surface area contributed by atoms with Gasteiger partial charge in [0, 0.05) is 0 Å². The van der Waals surface area contributed by atoms with Crippen LogP contribution in [0.4, 0.5) is 4.39 Å². The first-order chi connectivity index (χ1) is 14.2. The fourth-order valence-electron chi connectivity index (χ4n) is 4.99. The third-order valence-corrected chi connectivity index (χ3v) is 6.89. The van der Waals surface area contributed by atoms with Crippen molar-refractivity contribution in [2.75, 3.05) is 13.7 Å². The third-order valence-electron chi connectivity index (χ3n) is 6.89. The number of rotatable bonds is 8. The van der Waals surface area contributed by atoms with Gasteiger partial charge in [-0.2, -0.15) is 0 Å². The molecule has 2 aromatic rings. The maximum Gasteiger partial charge on any atom is 0.126 e. The maximum absolute atomic E-state index is 14.3. The maximum atomic E-state index is 14.3. The van der Waals surface area contributed by atoms with Gasteiger partial charge in [-0.05, 0) is 110 Å². The summed E-state index contributed by atoms with van der Waals surface area (Å²) in [5.41, 5.74) is 2.24. The van der Waals surface area contributed by atoms with Crippen molar-refractivity contribution < 1.29 is 13.9 Å². The van der Waals surface area contributed by atoms with Crippen molar-refractivity contribution in [1.29, 1.82) is 0 Å². The smallest absolute Gasteiger partial charge is 0.126 e. The van der Waals surface area contributed by atoms with Gasteiger partial charge in [-0.15, -0.1) is 0 Å². The van der Waals surface area contributed by atoms with Crippen molar-refractivity contribution >= 4 is 0 Å². The summed E-state index contributed by atoms with van der Waals surface area (Å²) in [4.78, 5) is 0. The Bertz CT molecular complexity index is 806. The van der Waals surface area contributed by atoms with E-state index in [1.54, 1.807) is 13.2 Å². The van der Waals surface area contributed by atoms with Crippen LogP contribution < -0.4 is 9.47 Å². The third kappa shape index (κ3) is 4.94. The van der Waals surface area contributed by atoms with Crippen molar-refractivity contribution in [3.63, 3.8) is 0 Å². The van der Waals surface area contributed by atoms with Crippen LogP contribution in [0.5, 0.6) is 11.5 Å². The monoisotopic (exact) mass is 396 g/mol. The lowest BCUT2D eigenvalue weighted by Crippen LogP contribution is -2.20. The van der Waals surface area contributed by atoms with Gasteiger partial charge >= 0.3 is 0 Å². The van der Waals surface area contributed by atoms with Crippen LogP contribution >= 0.6 is 0 Å². The minimum Gasteiger partial charge on any atom is -0.497 e. The van der Waals surface area contributed by atoms with E-state index in [9.17, 15) is 4.39 Å². The second-order valence-corrected chi connectivity index (χ2v) is 8.84. The van der Waals surface area contributed by atoms with Crippen molar-refractivity contribution in [3.8, 4) is 11.5 Å². The van der Waals surface area contributed by atoms with E-state index in [0.717, 1.165) is 55.3 Å². The zero-order valence-corrected chi connectivity index (χ0v) is 17.7. The Hall–Kier alpha value is -2.03. The largest absolute Gasteiger partial charge is 0.497 e. The highest BCUT2D eigenvalue weighted by molar-refractivity contribution is 5.33. The number of benzene rings is 2. The summed E-state index contributed by atoms with van der Waals surface area (Å²) in [7, 11) is 1.63. The SMILES string of the molecule is CCC(c1cccc(OC[C@H]2CC[C@H](c3cc(OC)ccc3F)CC2)c1)C1CC1. The number of hydrogen-bond donors (Lipinski definition) is 0. The van der Waals surface area contributed by atoms with Crippen LogP contribution in [-0.2, 0) is 0 Å². The Labute approximate surface area is 174 Å². The number of hydrogen-bond acceptors (Lipinski definition) is 2. The molecule has 0 bridgehead atoms. The zero-order valence-electron chi connectivity index (χ0n) is 17.7. The van der Waals surface area contributed by atoms with E-state index >= 15 is 0 Å². The second kappa shape index (κ2) is 9.19. The van der Waals surface area contributed by atoms with Crippen LogP contribution in [0.2, 0.25) is 0 Å². The Balaban J connectivity index is 1.30. The standard InChI is InChI=1S/C26H33FO2/c1-3-24(19-11-12-19)21-5-4-6-23(15-21)29-17-18-7-9-20(10-8-18)25-16-22(28-2)13-14-26(25)27/h4-6,13-16,18-20,24H,3,7-12,17H2,1-2H3/t18-,20-,24?. The van der Waals surface area contributed by atoms with Crippen LogP contribution in [0.3, 0.4) is 0 Å². The van der Waals surface area contributed by atoms with E-state index < -0.39 is 0 Å². The van der Waals surface area contributed by atoms with E-state index in [1.165, 1.54) is 30.9 Å². The molecular weight excluding hydrogens is 363 g/mol. The molecular formula is C26H33FO2. The molecule has 2 fully saturated rings. The van der Waals surface area contributed by atoms with Crippen LogP contribution in [0.15, 0.2) is 42.5 Å². The molecule has 0 heterocycles. The van der Waals surface area contributed by atoms with Gasteiger partial charge in [0.15, 0.2) is 0 Å². The molecule has 156 valence electrons. The molecule has 4 rings (SSSR count). The molecule has 0 radical (unpaired) electrons. The average molecular weight is 397 g/mol. The van der Waals surface area contributed by atoms with Gasteiger partial charge in [0.1, 0.15) is 17.3 Å². The van der Waals surface area contributed by atoms with Gasteiger partial charge in [0.2, 0.25) is 0 Å². The summed E-state index contributed by atoms with van der Waals surface area (Å²) in [6.07, 6.45) is 8.15. The molecule has 2 saturated carbocycles. The average Bonchev–Trinajstić information content (AvgIpc) is 3.59. The quantitative estimate of drug-likeness (QED) is 0.474. The summed E-state index contributed by atoms with van der Waals surface area (Å²) in [6.45, 7) is 3.05. The molecule has 2 aromatic carbocycles. The molecule has 2 aliphatic carbocycles. The Morgan fingerprint density at radius 2 is 1.76 bits per heavy atom. The van der Waals surface area contributed by atoms with E-state index in [1.807, 2.05) is 6.07 Å². The van der Waals surface area contributed by atoms with Crippen LogP contribution in [0.25, 0.3) is 0 Å². The van der Waals surface area contributed by atoms with Crippen molar-refractivity contribution in [2.45, 2.75) is 63.7 Å². The lowest BCUT2D eigenvalue weighted by atomic mass is 9.79. The van der Waals surface area contributed by atoms with E-state index in [4.69, 9.17) is 9.47 Å². The van der Waals surface area contributed by atoms with E-state index in [0.29, 0.717) is 11.8 Å². The van der Waals surface area contributed by atoms with E-state index in [-0.39, 0.29) is 11.7 Å². The summed E-state index contributed by atoms with van der Waals surface area (Å²) >= 11 is 0. The molecule has 1 atom stereocenters. The van der Waals surface area contributed by atoms with Crippen molar-refractivity contribution in [3.05, 3.63) is 59.4 Å². The van der Waals surface area contributed by atoms with Gasteiger partial charge in [-0.25, -0.2) is 4.39 Å². The molecule has 2 aliphatic rings. The molecule has 0 aromatic heterocycles. The van der Waals surface area contributed by atoms with Gasteiger partial charge < -0.3 is 9.47 Å². The molecule has 0 saturated heterocycles. The highest BCUT2D eigenvalue weighted by Crippen LogP contribution is 2.45.